The molecule has 9 heteroatoms. The van der Waals surface area contributed by atoms with Crippen LogP contribution in [0.25, 0.3) is 0 Å². The van der Waals surface area contributed by atoms with Gasteiger partial charge in [-0.15, -0.1) is 13.2 Å². The van der Waals surface area contributed by atoms with Crippen LogP contribution in [-0.2, 0) is 9.53 Å². The lowest BCUT2D eigenvalue weighted by molar-refractivity contribution is -0.274. The molecule has 0 radical (unpaired) electrons. The molecular weight excluding hydrogens is 351 g/mol. The van der Waals surface area contributed by atoms with Gasteiger partial charge in [0.2, 0.25) is 0 Å². The highest BCUT2D eigenvalue weighted by Gasteiger charge is 2.30. The van der Waals surface area contributed by atoms with Crippen molar-refractivity contribution in [2.24, 2.45) is 0 Å². The predicted octanol–water partition coefficient (Wildman–Crippen LogP) is 4.51. The monoisotopic (exact) mass is 367 g/mol. The zero-order valence-corrected chi connectivity index (χ0v) is 13.9. The van der Waals surface area contributed by atoms with Gasteiger partial charge in [0.05, 0.1) is 0 Å². The minimum Gasteiger partial charge on any atom is -0.420 e. The summed E-state index contributed by atoms with van der Waals surface area (Å²) in [6.45, 7) is 3.35. The number of halogens is 4. The Labute approximate surface area is 142 Å². The fourth-order valence-corrected chi connectivity index (χ4v) is 1.44. The highest BCUT2D eigenvalue weighted by molar-refractivity contribution is 6.61. The first-order valence-electron chi connectivity index (χ1n) is 6.57. The van der Waals surface area contributed by atoms with Gasteiger partial charge in [0, 0.05) is 44.2 Å². The number of alkyl halides is 3. The highest BCUT2D eigenvalue weighted by atomic mass is 35.5. The van der Waals surface area contributed by atoms with Crippen LogP contribution in [-0.4, -0.2) is 32.2 Å². The van der Waals surface area contributed by atoms with Crippen LogP contribution in [0.15, 0.2) is 36.6 Å². The molecule has 0 unspecified atom stereocenters. The van der Waals surface area contributed by atoms with Gasteiger partial charge in [0.1, 0.15) is 17.8 Å². The van der Waals surface area contributed by atoms with Crippen LogP contribution in [0, 0.1) is 0 Å². The molecule has 5 nitrogen and oxygen atoms in total. The summed E-state index contributed by atoms with van der Waals surface area (Å²) in [4.78, 5) is 21.6. The van der Waals surface area contributed by atoms with Crippen LogP contribution in [0.5, 0.6) is 5.75 Å². The highest BCUT2D eigenvalue weighted by Crippen LogP contribution is 2.24. The summed E-state index contributed by atoms with van der Waals surface area (Å²) in [5.41, 5.74) is -0.101. The maximum atomic E-state index is 11.8. The van der Waals surface area contributed by atoms with Crippen LogP contribution in [0.1, 0.15) is 12.8 Å². The molecule has 0 atom stereocenters. The smallest absolute Gasteiger partial charge is 0.420 e. The average molecular weight is 368 g/mol. The zero-order valence-electron chi connectivity index (χ0n) is 13.1. The summed E-state index contributed by atoms with van der Waals surface area (Å²) in [7, 11) is 3.61. The molecule has 0 aliphatic carbocycles. The standard InChI is InChI=1S/C9H10F3NO.C6H7ClO3/c1-13(2)7-3-5-8(6-4-7)14-9(10,11)12;1-5(3-2-4-8)10-6(7)9/h3-6H,1-2H3;4H,1-3H2. The van der Waals surface area contributed by atoms with Crippen molar-refractivity contribution < 1.29 is 32.2 Å². The summed E-state index contributed by atoms with van der Waals surface area (Å²) in [6.07, 6.45) is -3.28. The number of benzene rings is 1. The van der Waals surface area contributed by atoms with E-state index in [1.807, 2.05) is 0 Å². The van der Waals surface area contributed by atoms with Gasteiger partial charge in [0.15, 0.2) is 0 Å². The molecule has 0 aliphatic heterocycles. The first-order chi connectivity index (χ1) is 11.0. The Morgan fingerprint density at radius 3 is 2.21 bits per heavy atom. The van der Waals surface area contributed by atoms with Crippen molar-refractivity contribution in [3.05, 3.63) is 36.6 Å². The van der Waals surface area contributed by atoms with E-state index in [1.165, 1.54) is 12.1 Å². The Hall–Kier alpha value is -2.22. The Bertz CT molecular complexity index is 545. The van der Waals surface area contributed by atoms with Crippen LogP contribution in [0.2, 0.25) is 0 Å². The number of rotatable bonds is 6. The van der Waals surface area contributed by atoms with E-state index < -0.39 is 11.8 Å². The topological polar surface area (TPSA) is 55.8 Å². The second-order valence-electron chi connectivity index (χ2n) is 4.52. The molecule has 1 aromatic carbocycles. The van der Waals surface area contributed by atoms with Crippen molar-refractivity contribution in [1.82, 2.24) is 0 Å². The summed E-state index contributed by atoms with van der Waals surface area (Å²) >= 11 is 4.84. The van der Waals surface area contributed by atoms with Crippen molar-refractivity contribution in [3.8, 4) is 5.75 Å². The van der Waals surface area contributed by atoms with Gasteiger partial charge in [-0.2, -0.15) is 0 Å². The Morgan fingerprint density at radius 2 is 1.83 bits per heavy atom. The van der Waals surface area contributed by atoms with E-state index >= 15 is 0 Å². The number of carbonyl (C=O) groups excluding carboxylic acids is 2. The van der Waals surface area contributed by atoms with Gasteiger partial charge < -0.3 is 19.2 Å². The van der Waals surface area contributed by atoms with Gasteiger partial charge in [0.25, 0.3) is 0 Å². The molecular formula is C15H17ClF3NO4. The van der Waals surface area contributed by atoms with E-state index in [0.29, 0.717) is 19.1 Å². The Balaban J connectivity index is 0.000000470. The quantitative estimate of drug-likeness (QED) is 0.421. The SMILES string of the molecule is C=C(CCC=O)OC(=O)Cl.CN(C)c1ccc(OC(F)(F)F)cc1. The summed E-state index contributed by atoms with van der Waals surface area (Å²) in [5.74, 6) is 0.00944. The Kier molecular flexibility index (Phi) is 9.56. The lowest BCUT2D eigenvalue weighted by atomic mass is 10.3. The molecule has 1 rings (SSSR count). The summed E-state index contributed by atoms with van der Waals surface area (Å²) in [5, 5.41) is 0. The van der Waals surface area contributed by atoms with Crippen LogP contribution in [0.4, 0.5) is 23.7 Å². The number of allylic oxidation sites excluding steroid dienone is 1. The van der Waals surface area contributed by atoms with E-state index in [1.54, 1.807) is 31.1 Å². The van der Waals surface area contributed by atoms with Gasteiger partial charge in [-0.3, -0.25) is 0 Å². The third-order valence-electron chi connectivity index (χ3n) is 2.35. The lowest BCUT2D eigenvalue weighted by Crippen LogP contribution is -2.17. The van der Waals surface area contributed by atoms with E-state index in [0.717, 1.165) is 5.69 Å². The van der Waals surface area contributed by atoms with Gasteiger partial charge >= 0.3 is 11.8 Å². The van der Waals surface area contributed by atoms with Crippen LogP contribution in [0.3, 0.4) is 0 Å². The number of aldehydes is 1. The molecule has 134 valence electrons. The van der Waals surface area contributed by atoms with Gasteiger partial charge in [-0.05, 0) is 24.3 Å². The van der Waals surface area contributed by atoms with Crippen molar-refractivity contribution in [1.29, 1.82) is 0 Å². The molecule has 0 amide bonds. The van der Waals surface area contributed by atoms with Gasteiger partial charge in [-0.25, -0.2) is 4.79 Å². The summed E-state index contributed by atoms with van der Waals surface area (Å²) in [6, 6.07) is 5.67. The number of hydrogen-bond donors (Lipinski definition) is 0. The molecule has 0 aliphatic rings. The van der Waals surface area contributed by atoms with E-state index in [4.69, 9.17) is 11.6 Å². The lowest BCUT2D eigenvalue weighted by Gasteiger charge is -2.13. The van der Waals surface area contributed by atoms with Gasteiger partial charge in [-0.1, -0.05) is 6.58 Å². The maximum absolute atomic E-state index is 11.8. The molecule has 0 aromatic heterocycles. The van der Waals surface area contributed by atoms with Crippen LogP contribution >= 0.6 is 11.6 Å². The first-order valence-corrected chi connectivity index (χ1v) is 6.94. The van der Waals surface area contributed by atoms with Crippen molar-refractivity contribution in [3.63, 3.8) is 0 Å². The molecule has 0 fully saturated rings. The van der Waals surface area contributed by atoms with Crippen molar-refractivity contribution in [2.75, 3.05) is 19.0 Å². The second-order valence-corrected chi connectivity index (χ2v) is 4.83. The fourth-order valence-electron chi connectivity index (χ4n) is 1.33. The number of nitrogens with zero attached hydrogens (tertiary/aromatic N) is 1. The predicted molar refractivity (Wildman–Crippen MR) is 84.2 cm³/mol. The number of carbonyl (C=O) groups is 2. The minimum atomic E-state index is -4.63. The first kappa shape index (κ1) is 21.8. The minimum absolute atomic E-state index is 0.205. The van der Waals surface area contributed by atoms with E-state index in [-0.39, 0.29) is 11.5 Å². The molecule has 24 heavy (non-hydrogen) atoms. The van der Waals surface area contributed by atoms with Crippen LogP contribution < -0.4 is 9.64 Å². The average Bonchev–Trinajstić information content (AvgIpc) is 2.44. The molecule has 0 N–H and O–H groups in total. The Morgan fingerprint density at radius 1 is 1.29 bits per heavy atom. The van der Waals surface area contributed by atoms with E-state index in [2.05, 4.69) is 16.1 Å². The number of hydrogen-bond acceptors (Lipinski definition) is 5. The normalized spacial score (nSPS) is 10.1. The number of ether oxygens (including phenoxy) is 2. The largest absolute Gasteiger partial charge is 0.573 e. The fraction of sp³-hybridized carbons (Fsp3) is 0.333. The molecule has 1 aromatic rings. The second kappa shape index (κ2) is 10.5. The third kappa shape index (κ3) is 11.4. The third-order valence-corrected chi connectivity index (χ3v) is 2.43. The molecule has 0 saturated carbocycles. The zero-order chi connectivity index (χ0) is 18.8. The molecule has 0 saturated heterocycles. The molecule has 0 heterocycles. The number of anilines is 1. The molecule has 0 bridgehead atoms. The molecule has 0 spiro atoms. The summed E-state index contributed by atoms with van der Waals surface area (Å²) < 4.78 is 43.3. The maximum Gasteiger partial charge on any atom is 0.573 e. The van der Waals surface area contributed by atoms with E-state index in [9.17, 15) is 22.8 Å². The van der Waals surface area contributed by atoms with Crippen molar-refractivity contribution in [2.45, 2.75) is 19.2 Å². The van der Waals surface area contributed by atoms with Crippen molar-refractivity contribution >= 4 is 29.0 Å².